The van der Waals surface area contributed by atoms with Gasteiger partial charge in [0.2, 0.25) is 0 Å². The molecule has 0 aromatic carbocycles. The van der Waals surface area contributed by atoms with E-state index in [1.54, 1.807) is 13.8 Å². The van der Waals surface area contributed by atoms with Crippen LogP contribution in [0.1, 0.15) is 46.5 Å². The zero-order valence-corrected chi connectivity index (χ0v) is 7.68. The summed E-state index contributed by atoms with van der Waals surface area (Å²) < 4.78 is 0. The molecule has 0 saturated carbocycles. The number of Topliss-reactive ketones (excluding diaryl/α,β-unsaturated/α-hetero) is 1. The highest BCUT2D eigenvalue weighted by Crippen LogP contribution is 2.15. The van der Waals surface area contributed by atoms with E-state index < -0.39 is 5.60 Å². The second-order valence-corrected chi connectivity index (χ2v) is 3.15. The Kier molecular flexibility index (Phi) is 4.34. The molecule has 0 radical (unpaired) electrons. The Labute approximate surface area is 68.6 Å². The van der Waals surface area contributed by atoms with Gasteiger partial charge in [0.1, 0.15) is 5.60 Å². The van der Waals surface area contributed by atoms with Gasteiger partial charge < -0.3 is 5.11 Å². The first kappa shape index (κ1) is 10.6. The predicted octanol–water partition coefficient (Wildman–Crippen LogP) is 1.91. The van der Waals surface area contributed by atoms with Crippen LogP contribution in [0.25, 0.3) is 0 Å². The molecule has 0 aliphatic carbocycles. The molecule has 0 aromatic heterocycles. The van der Waals surface area contributed by atoms with Crippen molar-refractivity contribution in [3.63, 3.8) is 0 Å². The lowest BCUT2D eigenvalue weighted by atomic mass is 9.93. The van der Waals surface area contributed by atoms with Gasteiger partial charge in [-0.2, -0.15) is 0 Å². The summed E-state index contributed by atoms with van der Waals surface area (Å²) in [6.07, 6.45) is 2.96. The van der Waals surface area contributed by atoms with Crippen molar-refractivity contribution < 1.29 is 9.90 Å². The van der Waals surface area contributed by atoms with E-state index >= 15 is 0 Å². The summed E-state index contributed by atoms with van der Waals surface area (Å²) in [5.74, 6) is -0.0500. The van der Waals surface area contributed by atoms with Crippen LogP contribution in [0.4, 0.5) is 0 Å². The lowest BCUT2D eigenvalue weighted by molar-refractivity contribution is -0.136. The molecular formula is C9H18O2. The van der Waals surface area contributed by atoms with Gasteiger partial charge in [0.05, 0.1) is 0 Å². The summed E-state index contributed by atoms with van der Waals surface area (Å²) in [6, 6.07) is 0. The average Bonchev–Trinajstić information content (AvgIpc) is 1.99. The van der Waals surface area contributed by atoms with E-state index in [-0.39, 0.29) is 5.78 Å². The van der Waals surface area contributed by atoms with Gasteiger partial charge in [-0.3, -0.25) is 4.79 Å². The van der Waals surface area contributed by atoms with Gasteiger partial charge >= 0.3 is 0 Å². The Balaban J connectivity index is 3.88. The van der Waals surface area contributed by atoms with Gasteiger partial charge in [-0.05, 0) is 13.3 Å². The molecule has 66 valence electrons. The SMILES string of the molecule is CCCCC(C)(O)C(=O)CC. The predicted molar refractivity (Wildman–Crippen MR) is 45.4 cm³/mol. The van der Waals surface area contributed by atoms with Gasteiger partial charge in [-0.15, -0.1) is 0 Å². The number of carbonyl (C=O) groups is 1. The average molecular weight is 158 g/mol. The van der Waals surface area contributed by atoms with E-state index in [4.69, 9.17) is 0 Å². The molecule has 1 atom stereocenters. The molecule has 0 spiro atoms. The number of rotatable bonds is 5. The highest BCUT2D eigenvalue weighted by Gasteiger charge is 2.26. The minimum atomic E-state index is -1.08. The molecule has 0 rings (SSSR count). The largest absolute Gasteiger partial charge is 0.382 e. The quantitative estimate of drug-likeness (QED) is 0.663. The van der Waals surface area contributed by atoms with E-state index in [1.165, 1.54) is 0 Å². The van der Waals surface area contributed by atoms with E-state index in [2.05, 4.69) is 0 Å². The van der Waals surface area contributed by atoms with Crippen molar-refractivity contribution >= 4 is 5.78 Å². The monoisotopic (exact) mass is 158 g/mol. The van der Waals surface area contributed by atoms with Crippen molar-refractivity contribution in [3.8, 4) is 0 Å². The third-order valence-electron chi connectivity index (χ3n) is 1.94. The first-order valence-electron chi connectivity index (χ1n) is 4.30. The first-order chi connectivity index (χ1) is 5.04. The van der Waals surface area contributed by atoms with E-state index in [9.17, 15) is 9.90 Å². The number of unbranched alkanes of at least 4 members (excludes halogenated alkanes) is 1. The van der Waals surface area contributed by atoms with E-state index in [0.29, 0.717) is 12.8 Å². The van der Waals surface area contributed by atoms with Gasteiger partial charge in [0.15, 0.2) is 5.78 Å². The summed E-state index contributed by atoms with van der Waals surface area (Å²) in [4.78, 5) is 11.1. The fraction of sp³-hybridized carbons (Fsp3) is 0.889. The molecule has 0 bridgehead atoms. The van der Waals surface area contributed by atoms with Crippen LogP contribution in [0.5, 0.6) is 0 Å². The highest BCUT2D eigenvalue weighted by molar-refractivity contribution is 5.86. The molecule has 2 nitrogen and oxygen atoms in total. The van der Waals surface area contributed by atoms with Crippen LogP contribution in [0.3, 0.4) is 0 Å². The van der Waals surface area contributed by atoms with Crippen LogP contribution in [0, 0.1) is 0 Å². The molecule has 0 aromatic rings. The van der Waals surface area contributed by atoms with Crippen LogP contribution in [0.15, 0.2) is 0 Å². The fourth-order valence-corrected chi connectivity index (χ4v) is 1.04. The summed E-state index contributed by atoms with van der Waals surface area (Å²) in [5, 5.41) is 9.56. The number of carbonyl (C=O) groups excluding carboxylic acids is 1. The van der Waals surface area contributed by atoms with Gasteiger partial charge in [-0.25, -0.2) is 0 Å². The fourth-order valence-electron chi connectivity index (χ4n) is 1.04. The van der Waals surface area contributed by atoms with Crippen molar-refractivity contribution in [2.24, 2.45) is 0 Å². The van der Waals surface area contributed by atoms with Gasteiger partial charge in [-0.1, -0.05) is 26.7 Å². The molecule has 2 heteroatoms. The van der Waals surface area contributed by atoms with Crippen molar-refractivity contribution in [3.05, 3.63) is 0 Å². The standard InChI is InChI=1S/C9H18O2/c1-4-6-7-9(3,11)8(10)5-2/h11H,4-7H2,1-3H3. The van der Waals surface area contributed by atoms with Crippen molar-refractivity contribution in [1.82, 2.24) is 0 Å². The van der Waals surface area contributed by atoms with Gasteiger partial charge in [0, 0.05) is 6.42 Å². The maximum atomic E-state index is 11.1. The molecule has 11 heavy (non-hydrogen) atoms. The molecular weight excluding hydrogens is 140 g/mol. The zero-order chi connectivity index (χ0) is 8.91. The van der Waals surface area contributed by atoms with Crippen LogP contribution in [0.2, 0.25) is 0 Å². The Morgan fingerprint density at radius 3 is 2.36 bits per heavy atom. The highest BCUT2D eigenvalue weighted by atomic mass is 16.3. The minimum Gasteiger partial charge on any atom is -0.382 e. The zero-order valence-electron chi connectivity index (χ0n) is 7.68. The second kappa shape index (κ2) is 4.50. The lowest BCUT2D eigenvalue weighted by Gasteiger charge is -2.20. The summed E-state index contributed by atoms with van der Waals surface area (Å²) in [7, 11) is 0. The molecule has 0 saturated heterocycles. The van der Waals surface area contributed by atoms with E-state index in [1.807, 2.05) is 6.92 Å². The molecule has 0 heterocycles. The van der Waals surface area contributed by atoms with Crippen LogP contribution < -0.4 is 0 Å². The van der Waals surface area contributed by atoms with Crippen LogP contribution >= 0.6 is 0 Å². The van der Waals surface area contributed by atoms with Crippen molar-refractivity contribution in [1.29, 1.82) is 0 Å². The van der Waals surface area contributed by atoms with Crippen LogP contribution in [-0.4, -0.2) is 16.5 Å². The Morgan fingerprint density at radius 1 is 1.45 bits per heavy atom. The number of hydrogen-bond donors (Lipinski definition) is 1. The minimum absolute atomic E-state index is 0.0500. The summed E-state index contributed by atoms with van der Waals surface area (Å²) in [5.41, 5.74) is -1.08. The smallest absolute Gasteiger partial charge is 0.163 e. The number of hydrogen-bond acceptors (Lipinski definition) is 2. The molecule has 0 fully saturated rings. The maximum Gasteiger partial charge on any atom is 0.163 e. The Hall–Kier alpha value is -0.370. The number of ketones is 1. The molecule has 0 aliphatic heterocycles. The molecule has 1 unspecified atom stereocenters. The number of aliphatic hydroxyl groups is 1. The summed E-state index contributed by atoms with van der Waals surface area (Å²) in [6.45, 7) is 5.43. The topological polar surface area (TPSA) is 37.3 Å². The molecule has 0 aliphatic rings. The lowest BCUT2D eigenvalue weighted by Crippen LogP contribution is -2.34. The maximum absolute atomic E-state index is 11.1. The van der Waals surface area contributed by atoms with Crippen molar-refractivity contribution in [2.45, 2.75) is 52.1 Å². The second-order valence-electron chi connectivity index (χ2n) is 3.15. The molecule has 1 N–H and O–H groups in total. The third kappa shape index (κ3) is 3.51. The van der Waals surface area contributed by atoms with Gasteiger partial charge in [0.25, 0.3) is 0 Å². The van der Waals surface area contributed by atoms with E-state index in [0.717, 1.165) is 12.8 Å². The normalized spacial score (nSPS) is 16.0. The Bertz CT molecular complexity index is 128. The first-order valence-corrected chi connectivity index (χ1v) is 4.30. The Morgan fingerprint density at radius 2 is 2.00 bits per heavy atom. The summed E-state index contributed by atoms with van der Waals surface area (Å²) >= 11 is 0. The van der Waals surface area contributed by atoms with Crippen LogP contribution in [-0.2, 0) is 4.79 Å². The molecule has 0 amide bonds. The third-order valence-corrected chi connectivity index (χ3v) is 1.94. The van der Waals surface area contributed by atoms with Crippen molar-refractivity contribution in [2.75, 3.05) is 0 Å².